The normalized spacial score (nSPS) is 11.9. The van der Waals surface area contributed by atoms with Gasteiger partial charge in [0.05, 0.1) is 5.02 Å². The van der Waals surface area contributed by atoms with Crippen LogP contribution in [-0.2, 0) is 5.41 Å². The summed E-state index contributed by atoms with van der Waals surface area (Å²) in [5, 5.41) is 7.85. The van der Waals surface area contributed by atoms with Crippen LogP contribution in [0.4, 0.5) is 0 Å². The second kappa shape index (κ2) is 7.76. The van der Waals surface area contributed by atoms with Gasteiger partial charge in [-0.25, -0.2) is 5.43 Å². The fraction of sp³-hybridized carbons (Fsp3) is 0.316. The Labute approximate surface area is 154 Å². The number of benzene rings is 1. The van der Waals surface area contributed by atoms with Gasteiger partial charge in [-0.1, -0.05) is 56.6 Å². The van der Waals surface area contributed by atoms with Crippen LogP contribution in [0, 0.1) is 12.3 Å². The van der Waals surface area contributed by atoms with Crippen LogP contribution in [-0.4, -0.2) is 17.1 Å². The van der Waals surface area contributed by atoms with Crippen molar-refractivity contribution < 1.29 is 0 Å². The van der Waals surface area contributed by atoms with Crippen molar-refractivity contribution in [2.24, 2.45) is 5.73 Å². The molecule has 1 aromatic carbocycles. The maximum absolute atomic E-state index is 7.11. The second-order valence-electron chi connectivity index (χ2n) is 6.93. The minimum absolute atomic E-state index is 0.0216. The Hall–Kier alpha value is -2.24. The molecule has 0 bridgehead atoms. The molecular formula is C19H26ClN5. The molecule has 134 valence electrons. The highest BCUT2D eigenvalue weighted by atomic mass is 35.5. The Morgan fingerprint density at radius 2 is 2.00 bits per heavy atom. The predicted octanol–water partition coefficient (Wildman–Crippen LogP) is 3.74. The molecule has 1 heterocycles. The van der Waals surface area contributed by atoms with Crippen LogP contribution < -0.4 is 16.6 Å². The fourth-order valence-corrected chi connectivity index (χ4v) is 2.93. The number of nitrogens with one attached hydrogen (secondary N) is 3. The summed E-state index contributed by atoms with van der Waals surface area (Å²) in [6.45, 7) is 9.18. The van der Waals surface area contributed by atoms with E-state index >= 15 is 0 Å². The molecule has 0 aliphatic rings. The molecule has 0 amide bonds. The smallest absolute Gasteiger partial charge is 0.200 e. The topological polar surface area (TPSA) is 78.9 Å². The molecule has 0 unspecified atom stereocenters. The van der Waals surface area contributed by atoms with Gasteiger partial charge >= 0.3 is 0 Å². The van der Waals surface area contributed by atoms with Gasteiger partial charge in [-0.2, -0.15) is 0 Å². The Bertz CT molecular complexity index is 784. The van der Waals surface area contributed by atoms with Crippen molar-refractivity contribution in [2.45, 2.75) is 33.1 Å². The number of aromatic nitrogens is 1. The number of hydrazine groups is 1. The van der Waals surface area contributed by atoms with Crippen LogP contribution in [0.25, 0.3) is 11.8 Å². The SMILES string of the molecule is Cc1c(Cl)cc(/C=C/CNNC(=N)N)n1-c1ccccc1C(C)(C)C. The summed E-state index contributed by atoms with van der Waals surface area (Å²) >= 11 is 6.41. The second-order valence-corrected chi connectivity index (χ2v) is 7.33. The van der Waals surface area contributed by atoms with Crippen LogP contribution in [0.3, 0.4) is 0 Å². The quantitative estimate of drug-likeness (QED) is 0.284. The van der Waals surface area contributed by atoms with Crippen LogP contribution in [0.1, 0.15) is 37.7 Å². The van der Waals surface area contributed by atoms with E-state index in [1.807, 2.05) is 31.2 Å². The molecule has 0 aliphatic carbocycles. The number of nitrogens with two attached hydrogens (primary N) is 1. The standard InChI is InChI=1S/C19H26ClN5/c1-13-16(20)12-14(8-7-11-23-24-18(21)22)25(13)17-10-6-5-9-15(17)19(2,3)4/h5-10,12,23H,11H2,1-4H3,(H4,21,22,24)/b8-7+. The molecule has 2 aromatic rings. The van der Waals surface area contributed by atoms with E-state index in [-0.39, 0.29) is 11.4 Å². The van der Waals surface area contributed by atoms with E-state index in [9.17, 15) is 0 Å². The number of para-hydroxylation sites is 1. The first kappa shape index (κ1) is 19.1. The first-order valence-corrected chi connectivity index (χ1v) is 8.56. The number of guanidine groups is 1. The van der Waals surface area contributed by atoms with Crippen LogP contribution in [0.5, 0.6) is 0 Å². The van der Waals surface area contributed by atoms with E-state index in [0.29, 0.717) is 6.54 Å². The van der Waals surface area contributed by atoms with E-state index < -0.39 is 0 Å². The Kier molecular flexibility index (Phi) is 5.93. The zero-order chi connectivity index (χ0) is 18.6. The van der Waals surface area contributed by atoms with Crippen molar-refractivity contribution in [1.82, 2.24) is 15.4 Å². The molecule has 0 spiro atoms. The van der Waals surface area contributed by atoms with E-state index in [2.05, 4.69) is 54.4 Å². The van der Waals surface area contributed by atoms with Gasteiger partial charge in [-0.3, -0.25) is 10.8 Å². The predicted molar refractivity (Wildman–Crippen MR) is 106 cm³/mol. The minimum Gasteiger partial charge on any atom is -0.369 e. The minimum atomic E-state index is -0.116. The molecule has 2 rings (SSSR count). The summed E-state index contributed by atoms with van der Waals surface area (Å²) in [4.78, 5) is 0. The van der Waals surface area contributed by atoms with E-state index in [4.69, 9.17) is 22.7 Å². The summed E-state index contributed by atoms with van der Waals surface area (Å²) in [5.74, 6) is -0.116. The van der Waals surface area contributed by atoms with E-state index in [0.717, 1.165) is 22.1 Å². The van der Waals surface area contributed by atoms with Gasteiger partial charge in [-0.05, 0) is 36.1 Å². The first-order chi connectivity index (χ1) is 11.7. The van der Waals surface area contributed by atoms with Crippen LogP contribution in [0.2, 0.25) is 5.02 Å². The monoisotopic (exact) mass is 359 g/mol. The van der Waals surface area contributed by atoms with Gasteiger partial charge in [0.1, 0.15) is 0 Å². The van der Waals surface area contributed by atoms with Gasteiger partial charge in [0.15, 0.2) is 5.96 Å². The Morgan fingerprint density at radius 3 is 2.64 bits per heavy atom. The number of nitrogens with zero attached hydrogens (tertiary/aromatic N) is 1. The Morgan fingerprint density at radius 1 is 1.32 bits per heavy atom. The molecule has 0 saturated heterocycles. The van der Waals surface area contributed by atoms with Crippen molar-refractivity contribution in [3.05, 3.63) is 58.4 Å². The highest BCUT2D eigenvalue weighted by Crippen LogP contribution is 2.33. The lowest BCUT2D eigenvalue weighted by Gasteiger charge is -2.24. The molecule has 0 atom stereocenters. The van der Waals surface area contributed by atoms with Crippen molar-refractivity contribution in [1.29, 1.82) is 5.41 Å². The molecule has 1 aromatic heterocycles. The average Bonchev–Trinajstić information content (AvgIpc) is 2.80. The number of hydrogen-bond donors (Lipinski definition) is 4. The largest absolute Gasteiger partial charge is 0.369 e. The lowest BCUT2D eigenvalue weighted by atomic mass is 9.85. The highest BCUT2D eigenvalue weighted by Gasteiger charge is 2.20. The number of rotatable bonds is 5. The molecule has 5 N–H and O–H groups in total. The molecule has 0 radical (unpaired) electrons. The lowest BCUT2D eigenvalue weighted by molar-refractivity contribution is 0.586. The number of halogens is 1. The molecule has 5 nitrogen and oxygen atoms in total. The zero-order valence-corrected chi connectivity index (χ0v) is 15.9. The van der Waals surface area contributed by atoms with Crippen LogP contribution >= 0.6 is 11.6 Å². The first-order valence-electron chi connectivity index (χ1n) is 8.19. The van der Waals surface area contributed by atoms with E-state index in [1.165, 1.54) is 5.56 Å². The van der Waals surface area contributed by atoms with Gasteiger partial charge in [0, 0.05) is 23.6 Å². The molecule has 0 saturated carbocycles. The molecule has 0 fully saturated rings. The van der Waals surface area contributed by atoms with Gasteiger partial charge < -0.3 is 10.3 Å². The van der Waals surface area contributed by atoms with E-state index in [1.54, 1.807) is 0 Å². The third-order valence-corrected chi connectivity index (χ3v) is 4.28. The highest BCUT2D eigenvalue weighted by molar-refractivity contribution is 6.31. The summed E-state index contributed by atoms with van der Waals surface area (Å²) in [6, 6.07) is 10.4. The van der Waals surface area contributed by atoms with Crippen LogP contribution in [0.15, 0.2) is 36.4 Å². The maximum Gasteiger partial charge on any atom is 0.200 e. The van der Waals surface area contributed by atoms with Crippen molar-refractivity contribution >= 4 is 23.6 Å². The third-order valence-electron chi connectivity index (χ3n) is 3.90. The zero-order valence-electron chi connectivity index (χ0n) is 15.2. The summed E-state index contributed by atoms with van der Waals surface area (Å²) in [7, 11) is 0. The van der Waals surface area contributed by atoms with Crippen molar-refractivity contribution in [2.75, 3.05) is 6.54 Å². The average molecular weight is 360 g/mol. The molecule has 25 heavy (non-hydrogen) atoms. The Balaban J connectivity index is 2.40. The molecular weight excluding hydrogens is 334 g/mol. The van der Waals surface area contributed by atoms with Crippen molar-refractivity contribution in [3.63, 3.8) is 0 Å². The third kappa shape index (κ3) is 4.65. The molecule has 0 aliphatic heterocycles. The van der Waals surface area contributed by atoms with Crippen molar-refractivity contribution in [3.8, 4) is 5.69 Å². The van der Waals surface area contributed by atoms with Gasteiger partial charge in [-0.15, -0.1) is 0 Å². The summed E-state index contributed by atoms with van der Waals surface area (Å²) in [5.41, 5.74) is 15.1. The fourth-order valence-electron chi connectivity index (χ4n) is 2.73. The number of hydrogen-bond acceptors (Lipinski definition) is 2. The van der Waals surface area contributed by atoms with Gasteiger partial charge in [0.25, 0.3) is 0 Å². The maximum atomic E-state index is 7.11. The summed E-state index contributed by atoms with van der Waals surface area (Å²) in [6.07, 6.45) is 3.96. The summed E-state index contributed by atoms with van der Waals surface area (Å²) < 4.78 is 2.18. The van der Waals surface area contributed by atoms with Gasteiger partial charge in [0.2, 0.25) is 0 Å². The lowest BCUT2D eigenvalue weighted by Crippen LogP contribution is -2.41. The molecule has 6 heteroatoms.